The Morgan fingerprint density at radius 2 is 1.88 bits per heavy atom. The van der Waals surface area contributed by atoms with Crippen LogP contribution in [-0.2, 0) is 4.74 Å². The summed E-state index contributed by atoms with van der Waals surface area (Å²) in [7, 11) is 0. The van der Waals surface area contributed by atoms with Crippen molar-refractivity contribution in [2.24, 2.45) is 0 Å². The lowest BCUT2D eigenvalue weighted by molar-refractivity contribution is 0.0295. The van der Waals surface area contributed by atoms with Crippen LogP contribution >= 0.6 is 0 Å². The number of ketones is 1. The molecule has 1 aromatic carbocycles. The van der Waals surface area contributed by atoms with Crippen LogP contribution in [0.2, 0.25) is 0 Å². The number of benzene rings is 1. The zero-order chi connectivity index (χ0) is 17.6. The SMILES string of the molecule is CC(=O)c1cccc(C(=O)N2CCCC[C@H]2CCN2CCOCC2)c1. The molecule has 1 amide bonds. The summed E-state index contributed by atoms with van der Waals surface area (Å²) in [5.41, 5.74) is 1.23. The highest BCUT2D eigenvalue weighted by atomic mass is 16.5. The molecule has 0 aliphatic carbocycles. The van der Waals surface area contributed by atoms with E-state index in [0.717, 1.165) is 58.7 Å². The fraction of sp³-hybridized carbons (Fsp3) is 0.600. The van der Waals surface area contributed by atoms with Crippen molar-refractivity contribution < 1.29 is 14.3 Å². The van der Waals surface area contributed by atoms with E-state index in [2.05, 4.69) is 4.90 Å². The number of likely N-dealkylation sites (tertiary alicyclic amines) is 1. The van der Waals surface area contributed by atoms with Gasteiger partial charge in [-0.25, -0.2) is 0 Å². The normalized spacial score (nSPS) is 22.0. The fourth-order valence-electron chi connectivity index (χ4n) is 3.76. The average Bonchev–Trinajstić information content (AvgIpc) is 2.67. The molecule has 2 aliphatic heterocycles. The molecule has 25 heavy (non-hydrogen) atoms. The van der Waals surface area contributed by atoms with Crippen molar-refractivity contribution in [2.45, 2.75) is 38.6 Å². The Labute approximate surface area is 149 Å². The number of Topliss-reactive ketones (excluding diaryl/α,β-unsaturated/α-hetero) is 1. The zero-order valence-corrected chi connectivity index (χ0v) is 15.1. The molecule has 0 saturated carbocycles. The van der Waals surface area contributed by atoms with Crippen LogP contribution in [0.15, 0.2) is 24.3 Å². The van der Waals surface area contributed by atoms with Gasteiger partial charge in [-0.2, -0.15) is 0 Å². The van der Waals surface area contributed by atoms with Crippen molar-refractivity contribution in [1.29, 1.82) is 0 Å². The molecule has 3 rings (SSSR count). The maximum Gasteiger partial charge on any atom is 0.254 e. The van der Waals surface area contributed by atoms with Gasteiger partial charge >= 0.3 is 0 Å². The molecule has 0 spiro atoms. The number of piperidine rings is 1. The van der Waals surface area contributed by atoms with Crippen LogP contribution in [0.5, 0.6) is 0 Å². The molecule has 1 atom stereocenters. The molecule has 0 N–H and O–H groups in total. The molecule has 0 unspecified atom stereocenters. The Hall–Kier alpha value is -1.72. The fourth-order valence-corrected chi connectivity index (χ4v) is 3.76. The van der Waals surface area contributed by atoms with E-state index in [4.69, 9.17) is 4.74 Å². The second kappa shape index (κ2) is 8.59. The maximum atomic E-state index is 13.0. The van der Waals surface area contributed by atoms with Gasteiger partial charge in [-0.05, 0) is 44.7 Å². The Bertz CT molecular complexity index is 611. The van der Waals surface area contributed by atoms with E-state index in [1.165, 1.54) is 13.3 Å². The Kier molecular flexibility index (Phi) is 6.21. The quantitative estimate of drug-likeness (QED) is 0.771. The third-order valence-electron chi connectivity index (χ3n) is 5.29. The number of carbonyl (C=O) groups is 2. The van der Waals surface area contributed by atoms with Gasteiger partial charge < -0.3 is 9.64 Å². The Morgan fingerprint density at radius 3 is 2.64 bits per heavy atom. The van der Waals surface area contributed by atoms with E-state index in [0.29, 0.717) is 17.2 Å². The number of morpholine rings is 1. The molecule has 0 aromatic heterocycles. The maximum absolute atomic E-state index is 13.0. The number of amides is 1. The second-order valence-corrected chi connectivity index (χ2v) is 7.03. The van der Waals surface area contributed by atoms with Gasteiger partial charge in [-0.15, -0.1) is 0 Å². The third kappa shape index (κ3) is 4.67. The van der Waals surface area contributed by atoms with Crippen molar-refractivity contribution in [3.8, 4) is 0 Å². The lowest BCUT2D eigenvalue weighted by Gasteiger charge is -2.37. The van der Waals surface area contributed by atoms with Crippen LogP contribution < -0.4 is 0 Å². The molecular formula is C20H28N2O3. The van der Waals surface area contributed by atoms with Crippen LogP contribution in [0.4, 0.5) is 0 Å². The minimum atomic E-state index is -0.00263. The van der Waals surface area contributed by atoms with Gasteiger partial charge in [-0.3, -0.25) is 14.5 Å². The number of hydrogen-bond acceptors (Lipinski definition) is 4. The molecule has 5 heteroatoms. The molecular weight excluding hydrogens is 316 g/mol. The summed E-state index contributed by atoms with van der Waals surface area (Å²) in [5.74, 6) is 0.0620. The number of carbonyl (C=O) groups excluding carboxylic acids is 2. The highest BCUT2D eigenvalue weighted by Gasteiger charge is 2.28. The van der Waals surface area contributed by atoms with Crippen LogP contribution in [0.25, 0.3) is 0 Å². The Morgan fingerprint density at radius 1 is 1.12 bits per heavy atom. The highest BCUT2D eigenvalue weighted by Crippen LogP contribution is 2.23. The summed E-state index contributed by atoms with van der Waals surface area (Å²) in [6.45, 7) is 6.97. The van der Waals surface area contributed by atoms with Crippen LogP contribution in [0.3, 0.4) is 0 Å². The van der Waals surface area contributed by atoms with E-state index in [1.807, 2.05) is 11.0 Å². The van der Waals surface area contributed by atoms with Gasteiger partial charge in [0.15, 0.2) is 5.78 Å². The van der Waals surface area contributed by atoms with E-state index in [1.54, 1.807) is 18.2 Å². The average molecular weight is 344 g/mol. The monoisotopic (exact) mass is 344 g/mol. The van der Waals surface area contributed by atoms with Gasteiger partial charge in [0, 0.05) is 43.3 Å². The first kappa shape index (κ1) is 18.1. The van der Waals surface area contributed by atoms with Crippen molar-refractivity contribution in [2.75, 3.05) is 39.4 Å². The van der Waals surface area contributed by atoms with Gasteiger partial charge in [0.1, 0.15) is 0 Å². The van der Waals surface area contributed by atoms with E-state index in [-0.39, 0.29) is 11.7 Å². The summed E-state index contributed by atoms with van der Waals surface area (Å²) >= 11 is 0. The van der Waals surface area contributed by atoms with E-state index in [9.17, 15) is 9.59 Å². The molecule has 136 valence electrons. The summed E-state index contributed by atoms with van der Waals surface area (Å²) in [4.78, 5) is 29.1. The van der Waals surface area contributed by atoms with Crippen LogP contribution in [0, 0.1) is 0 Å². The van der Waals surface area contributed by atoms with Gasteiger partial charge in [-0.1, -0.05) is 12.1 Å². The summed E-state index contributed by atoms with van der Waals surface area (Å²) < 4.78 is 5.41. The van der Waals surface area contributed by atoms with E-state index < -0.39 is 0 Å². The zero-order valence-electron chi connectivity index (χ0n) is 15.1. The smallest absolute Gasteiger partial charge is 0.254 e. The number of ether oxygens (including phenoxy) is 1. The van der Waals surface area contributed by atoms with Gasteiger partial charge in [0.05, 0.1) is 13.2 Å². The molecule has 2 saturated heterocycles. The summed E-state index contributed by atoms with van der Waals surface area (Å²) in [5, 5.41) is 0. The summed E-state index contributed by atoms with van der Waals surface area (Å²) in [6.07, 6.45) is 4.33. The van der Waals surface area contributed by atoms with Crippen molar-refractivity contribution in [3.05, 3.63) is 35.4 Å². The third-order valence-corrected chi connectivity index (χ3v) is 5.29. The molecule has 1 aromatic rings. The topological polar surface area (TPSA) is 49.9 Å². The molecule has 2 heterocycles. The number of hydrogen-bond donors (Lipinski definition) is 0. The van der Waals surface area contributed by atoms with Crippen molar-refractivity contribution in [1.82, 2.24) is 9.80 Å². The van der Waals surface area contributed by atoms with Crippen LogP contribution in [0.1, 0.15) is 53.3 Å². The predicted molar refractivity (Wildman–Crippen MR) is 97.0 cm³/mol. The first-order chi connectivity index (χ1) is 12.1. The molecule has 5 nitrogen and oxygen atoms in total. The van der Waals surface area contributed by atoms with Crippen LogP contribution in [-0.4, -0.2) is 66.9 Å². The standard InChI is InChI=1S/C20H28N2O3/c1-16(23)17-5-4-6-18(15-17)20(24)22-9-3-2-7-19(22)8-10-21-11-13-25-14-12-21/h4-6,15,19H,2-3,7-14H2,1H3/t19-/m0/s1. The summed E-state index contributed by atoms with van der Waals surface area (Å²) in [6, 6.07) is 7.42. The van der Waals surface area contributed by atoms with E-state index >= 15 is 0 Å². The first-order valence-corrected chi connectivity index (χ1v) is 9.37. The van der Waals surface area contributed by atoms with Gasteiger partial charge in [0.2, 0.25) is 0 Å². The molecule has 2 fully saturated rings. The second-order valence-electron chi connectivity index (χ2n) is 7.03. The highest BCUT2D eigenvalue weighted by molar-refractivity contribution is 5.99. The van der Waals surface area contributed by atoms with Gasteiger partial charge in [0.25, 0.3) is 5.91 Å². The predicted octanol–water partition coefficient (Wildman–Crippen LogP) is 2.61. The Balaban J connectivity index is 1.66. The number of nitrogens with zero attached hydrogens (tertiary/aromatic N) is 2. The molecule has 2 aliphatic rings. The van der Waals surface area contributed by atoms with Crippen molar-refractivity contribution in [3.63, 3.8) is 0 Å². The minimum absolute atomic E-state index is 0.00263. The first-order valence-electron chi connectivity index (χ1n) is 9.37. The molecule has 0 radical (unpaired) electrons. The van der Waals surface area contributed by atoms with Crippen molar-refractivity contribution >= 4 is 11.7 Å². The lowest BCUT2D eigenvalue weighted by atomic mass is 9.97. The number of rotatable bonds is 5. The minimum Gasteiger partial charge on any atom is -0.379 e. The molecule has 0 bridgehead atoms. The largest absolute Gasteiger partial charge is 0.379 e. The lowest BCUT2D eigenvalue weighted by Crippen LogP contribution is -2.46.